The van der Waals surface area contributed by atoms with Gasteiger partial charge in [0.05, 0.1) is 5.69 Å². The Balaban J connectivity index is 2.33. The van der Waals surface area contributed by atoms with Gasteiger partial charge in [0.2, 0.25) is 0 Å². The summed E-state index contributed by atoms with van der Waals surface area (Å²) in [6, 6.07) is 1.09. The Morgan fingerprint density at radius 3 is 2.45 bits per heavy atom. The minimum atomic E-state index is -4.70. The molecule has 0 fully saturated rings. The second-order valence-electron chi connectivity index (χ2n) is 3.63. The molecule has 0 bridgehead atoms. The molecule has 4 nitrogen and oxygen atoms in total. The van der Waals surface area contributed by atoms with Crippen LogP contribution >= 0.6 is 0 Å². The van der Waals surface area contributed by atoms with Gasteiger partial charge in [-0.3, -0.25) is 0 Å². The molecule has 1 heterocycles. The summed E-state index contributed by atoms with van der Waals surface area (Å²) in [6.07, 6.45) is -3.91. The van der Waals surface area contributed by atoms with Gasteiger partial charge in [0.25, 0.3) is 0 Å². The molecule has 0 aliphatic heterocycles. The molecule has 0 unspecified atom stereocenters. The maximum absolute atomic E-state index is 13.4. The maximum Gasteiger partial charge on any atom is 0.433 e. The van der Waals surface area contributed by atoms with E-state index in [1.807, 2.05) is 0 Å². The highest BCUT2D eigenvalue weighted by molar-refractivity contribution is 5.45. The Labute approximate surface area is 109 Å². The predicted octanol–water partition coefficient (Wildman–Crippen LogP) is 3.15. The van der Waals surface area contributed by atoms with Crippen molar-refractivity contribution >= 4 is 5.69 Å². The van der Waals surface area contributed by atoms with Crippen LogP contribution in [0, 0.1) is 11.6 Å². The van der Waals surface area contributed by atoms with Gasteiger partial charge in [-0.05, 0) is 6.07 Å². The Hall–Kier alpha value is -2.45. The Morgan fingerprint density at radius 2 is 1.80 bits per heavy atom. The number of nitrogen functional groups attached to an aromatic ring is 1. The normalized spacial score (nSPS) is 11.4. The summed E-state index contributed by atoms with van der Waals surface area (Å²) in [6.45, 7) is 0. The Morgan fingerprint density at radius 1 is 1.10 bits per heavy atom. The second-order valence-corrected chi connectivity index (χ2v) is 3.63. The molecule has 0 spiro atoms. The molecule has 20 heavy (non-hydrogen) atoms. The van der Waals surface area contributed by atoms with Crippen LogP contribution in [0.3, 0.4) is 0 Å². The first-order valence-electron chi connectivity index (χ1n) is 5.10. The smallest absolute Gasteiger partial charge is 0.421 e. The highest BCUT2D eigenvalue weighted by Crippen LogP contribution is 2.30. The number of benzene rings is 1. The number of anilines is 1. The number of hydrogen-bond acceptors (Lipinski definition) is 4. The lowest BCUT2D eigenvalue weighted by molar-refractivity contribution is -0.141. The lowest BCUT2D eigenvalue weighted by atomic mass is 10.3. The molecule has 9 heteroatoms. The van der Waals surface area contributed by atoms with Crippen LogP contribution in [-0.2, 0) is 6.18 Å². The van der Waals surface area contributed by atoms with Gasteiger partial charge in [-0.1, -0.05) is 0 Å². The van der Waals surface area contributed by atoms with E-state index in [4.69, 9.17) is 5.73 Å². The van der Waals surface area contributed by atoms with Crippen molar-refractivity contribution in [3.8, 4) is 11.8 Å². The van der Waals surface area contributed by atoms with Gasteiger partial charge in [-0.15, -0.1) is 0 Å². The molecule has 1 aromatic carbocycles. The van der Waals surface area contributed by atoms with E-state index in [9.17, 15) is 22.0 Å². The van der Waals surface area contributed by atoms with E-state index in [0.29, 0.717) is 18.2 Å². The van der Waals surface area contributed by atoms with Crippen molar-refractivity contribution in [3.63, 3.8) is 0 Å². The second kappa shape index (κ2) is 4.91. The monoisotopic (exact) mass is 291 g/mol. The van der Waals surface area contributed by atoms with Crippen molar-refractivity contribution < 1.29 is 26.7 Å². The fourth-order valence-electron chi connectivity index (χ4n) is 1.27. The average Bonchev–Trinajstić information content (AvgIpc) is 2.35. The van der Waals surface area contributed by atoms with E-state index in [1.54, 1.807) is 0 Å². The fraction of sp³-hybridized carbons (Fsp3) is 0.0909. The summed E-state index contributed by atoms with van der Waals surface area (Å²) < 4.78 is 68.4. The molecular formula is C11H6F5N3O. The highest BCUT2D eigenvalue weighted by atomic mass is 19.4. The van der Waals surface area contributed by atoms with E-state index in [2.05, 4.69) is 14.7 Å². The number of halogens is 5. The fourth-order valence-corrected chi connectivity index (χ4v) is 1.27. The van der Waals surface area contributed by atoms with Crippen molar-refractivity contribution in [3.05, 3.63) is 41.7 Å². The minimum Gasteiger partial charge on any atom is -0.421 e. The minimum absolute atomic E-state index is 0.459. The molecule has 0 aliphatic rings. The summed E-state index contributed by atoms with van der Waals surface area (Å²) in [5.41, 5.74) is 3.39. The van der Waals surface area contributed by atoms with Gasteiger partial charge in [0.1, 0.15) is 5.82 Å². The largest absolute Gasteiger partial charge is 0.433 e. The number of rotatable bonds is 2. The highest BCUT2D eigenvalue weighted by Gasteiger charge is 2.33. The zero-order valence-electron chi connectivity index (χ0n) is 9.58. The van der Waals surface area contributed by atoms with Gasteiger partial charge in [0.15, 0.2) is 17.3 Å². The van der Waals surface area contributed by atoms with Crippen LogP contribution in [0.1, 0.15) is 5.69 Å². The predicted molar refractivity (Wildman–Crippen MR) is 57.9 cm³/mol. The first-order valence-corrected chi connectivity index (χ1v) is 5.10. The lowest BCUT2D eigenvalue weighted by Crippen LogP contribution is -2.09. The van der Waals surface area contributed by atoms with Crippen molar-refractivity contribution in [2.24, 2.45) is 0 Å². The van der Waals surface area contributed by atoms with E-state index >= 15 is 0 Å². The first-order chi connectivity index (χ1) is 9.27. The molecule has 2 rings (SSSR count). The molecule has 2 aromatic rings. The summed E-state index contributed by atoms with van der Waals surface area (Å²) >= 11 is 0. The van der Waals surface area contributed by atoms with Crippen molar-refractivity contribution in [2.75, 3.05) is 5.73 Å². The van der Waals surface area contributed by atoms with Gasteiger partial charge >= 0.3 is 12.2 Å². The number of alkyl halides is 3. The van der Waals surface area contributed by atoms with E-state index in [0.717, 1.165) is 6.20 Å². The van der Waals surface area contributed by atoms with E-state index < -0.39 is 41.0 Å². The molecule has 0 aliphatic carbocycles. The molecule has 0 amide bonds. The third-order valence-electron chi connectivity index (χ3n) is 2.18. The number of hydrogen-bond donors (Lipinski definition) is 1. The molecule has 2 N–H and O–H groups in total. The van der Waals surface area contributed by atoms with Crippen molar-refractivity contribution in [2.45, 2.75) is 6.18 Å². The standard InChI is InChI=1S/C11H6F5N3O/c12-5-4-8(6(13)3-7(5)17)20-10-18-2-1-9(19-10)11(14,15)16/h1-4H,17H2. The van der Waals surface area contributed by atoms with Crippen molar-refractivity contribution in [1.29, 1.82) is 0 Å². The summed E-state index contributed by atoms with van der Waals surface area (Å²) in [4.78, 5) is 6.44. The molecule has 1 aromatic heterocycles. The Kier molecular flexibility index (Phi) is 3.43. The molecule has 0 saturated carbocycles. The topological polar surface area (TPSA) is 61.0 Å². The number of nitrogens with zero attached hydrogens (tertiary/aromatic N) is 2. The summed E-state index contributed by atoms with van der Waals surface area (Å²) in [5, 5.41) is 0. The van der Waals surface area contributed by atoms with Gasteiger partial charge in [-0.25, -0.2) is 13.8 Å². The van der Waals surface area contributed by atoms with Crippen LogP contribution in [-0.4, -0.2) is 9.97 Å². The third kappa shape index (κ3) is 2.92. The molecular weight excluding hydrogens is 285 g/mol. The molecule has 106 valence electrons. The number of ether oxygens (including phenoxy) is 1. The zero-order chi connectivity index (χ0) is 14.9. The number of aromatic nitrogens is 2. The van der Waals surface area contributed by atoms with Crippen LogP contribution in [0.5, 0.6) is 11.8 Å². The maximum atomic E-state index is 13.4. The SMILES string of the molecule is Nc1cc(F)c(Oc2nccc(C(F)(F)F)n2)cc1F. The third-order valence-corrected chi connectivity index (χ3v) is 2.18. The first kappa shape index (κ1) is 14.0. The molecule has 0 atom stereocenters. The van der Waals surface area contributed by atoms with Crippen LogP contribution in [0.2, 0.25) is 0 Å². The van der Waals surface area contributed by atoms with Crippen LogP contribution in [0.4, 0.5) is 27.6 Å². The van der Waals surface area contributed by atoms with E-state index in [1.165, 1.54) is 0 Å². The Bertz CT molecular complexity index is 644. The van der Waals surface area contributed by atoms with Crippen LogP contribution in [0.15, 0.2) is 24.4 Å². The van der Waals surface area contributed by atoms with Gasteiger partial charge < -0.3 is 10.5 Å². The zero-order valence-corrected chi connectivity index (χ0v) is 9.58. The van der Waals surface area contributed by atoms with Crippen LogP contribution < -0.4 is 10.5 Å². The van der Waals surface area contributed by atoms with Crippen molar-refractivity contribution in [1.82, 2.24) is 9.97 Å². The number of nitrogens with two attached hydrogens (primary N) is 1. The molecule has 0 radical (unpaired) electrons. The average molecular weight is 291 g/mol. The van der Waals surface area contributed by atoms with E-state index in [-0.39, 0.29) is 0 Å². The molecule has 0 saturated heterocycles. The van der Waals surface area contributed by atoms with Gasteiger partial charge in [-0.2, -0.15) is 18.2 Å². The quantitative estimate of drug-likeness (QED) is 0.682. The summed E-state index contributed by atoms with van der Waals surface area (Å²) in [5.74, 6) is -2.70. The van der Waals surface area contributed by atoms with Gasteiger partial charge in [0, 0.05) is 18.3 Å². The summed E-state index contributed by atoms with van der Waals surface area (Å²) in [7, 11) is 0. The lowest BCUT2D eigenvalue weighted by Gasteiger charge is -2.09. The van der Waals surface area contributed by atoms with Crippen LogP contribution in [0.25, 0.3) is 0 Å².